The molecule has 0 atom stereocenters. The quantitative estimate of drug-likeness (QED) is 0.214. The van der Waals surface area contributed by atoms with Crippen LogP contribution in [0.2, 0.25) is 0 Å². The summed E-state index contributed by atoms with van der Waals surface area (Å²) in [6.07, 6.45) is 4.95. The van der Waals surface area contributed by atoms with Crippen LogP contribution in [0.4, 0.5) is 0 Å². The van der Waals surface area contributed by atoms with Crippen molar-refractivity contribution in [3.8, 4) is 11.3 Å². The Balaban J connectivity index is 1.97. The van der Waals surface area contributed by atoms with Gasteiger partial charge in [-0.25, -0.2) is 0 Å². The summed E-state index contributed by atoms with van der Waals surface area (Å²) < 4.78 is 2.60. The van der Waals surface area contributed by atoms with Gasteiger partial charge in [0.05, 0.1) is 10.8 Å². The Morgan fingerprint density at radius 1 is 0.742 bits per heavy atom. The first kappa shape index (κ1) is 21.6. The van der Waals surface area contributed by atoms with E-state index in [9.17, 15) is 0 Å². The van der Waals surface area contributed by atoms with E-state index < -0.39 is 0 Å². The molecule has 3 aromatic carbocycles. The van der Waals surface area contributed by atoms with Gasteiger partial charge in [0.25, 0.3) is 0 Å². The van der Waals surface area contributed by atoms with Gasteiger partial charge in [-0.2, -0.15) is 4.57 Å². The molecular formula is C30H36N+. The van der Waals surface area contributed by atoms with Gasteiger partial charge in [0.15, 0.2) is 0 Å². The molecule has 0 bridgehead atoms. The van der Waals surface area contributed by atoms with Crippen molar-refractivity contribution >= 4 is 21.7 Å². The van der Waals surface area contributed by atoms with E-state index in [-0.39, 0.29) is 0 Å². The zero-order chi connectivity index (χ0) is 22.0. The van der Waals surface area contributed by atoms with Gasteiger partial charge in [-0.15, -0.1) is 0 Å². The van der Waals surface area contributed by atoms with Gasteiger partial charge in [-0.05, 0) is 55.5 Å². The normalized spacial score (nSPS) is 12.0. The van der Waals surface area contributed by atoms with Gasteiger partial charge in [-0.3, -0.25) is 0 Å². The lowest BCUT2D eigenvalue weighted by Gasteiger charge is -2.26. The minimum absolute atomic E-state index is 0.437. The number of benzene rings is 3. The molecule has 0 amide bonds. The fourth-order valence-electron chi connectivity index (χ4n) is 4.85. The molecule has 0 aliphatic carbocycles. The zero-order valence-electron chi connectivity index (χ0n) is 19.8. The van der Waals surface area contributed by atoms with Gasteiger partial charge < -0.3 is 0 Å². The average molecular weight is 411 g/mol. The zero-order valence-corrected chi connectivity index (χ0v) is 19.8. The minimum atomic E-state index is 0.437. The molecule has 0 aliphatic rings. The summed E-state index contributed by atoms with van der Waals surface area (Å²) in [5.41, 5.74) is 7.07. The first-order valence-corrected chi connectivity index (χ1v) is 11.9. The van der Waals surface area contributed by atoms with Crippen molar-refractivity contribution in [3.63, 3.8) is 0 Å². The third-order valence-corrected chi connectivity index (χ3v) is 7.35. The lowest BCUT2D eigenvalue weighted by molar-refractivity contribution is -0.660. The van der Waals surface area contributed by atoms with Crippen molar-refractivity contribution in [2.24, 2.45) is 5.41 Å². The number of aromatic nitrogens is 1. The molecule has 0 unspecified atom stereocenters. The second-order valence-corrected chi connectivity index (χ2v) is 9.56. The van der Waals surface area contributed by atoms with Gasteiger partial charge in [0.1, 0.15) is 6.54 Å². The van der Waals surface area contributed by atoms with Crippen molar-refractivity contribution in [1.29, 1.82) is 0 Å². The van der Waals surface area contributed by atoms with Crippen molar-refractivity contribution in [3.05, 3.63) is 77.9 Å². The Morgan fingerprint density at radius 3 is 2.06 bits per heavy atom. The van der Waals surface area contributed by atoms with Crippen LogP contribution in [0.5, 0.6) is 0 Å². The Hall–Kier alpha value is -2.67. The Morgan fingerprint density at radius 2 is 1.39 bits per heavy atom. The average Bonchev–Trinajstić information content (AvgIpc) is 2.79. The summed E-state index contributed by atoms with van der Waals surface area (Å²) in [5, 5.41) is 4.06. The second kappa shape index (κ2) is 8.83. The summed E-state index contributed by atoms with van der Waals surface area (Å²) in [6.45, 7) is 12.6. The molecule has 0 aliphatic heterocycles. The number of hydrogen-bond acceptors (Lipinski definition) is 0. The predicted molar refractivity (Wildman–Crippen MR) is 134 cm³/mol. The smallest absolute Gasteiger partial charge is 0.191 e. The highest BCUT2D eigenvalue weighted by molar-refractivity contribution is 6.09. The van der Waals surface area contributed by atoms with Crippen LogP contribution in [-0.2, 0) is 6.54 Å². The number of fused-ring (bicyclic) bond motifs is 3. The molecule has 0 spiro atoms. The molecule has 0 radical (unpaired) electrons. The van der Waals surface area contributed by atoms with Crippen LogP contribution in [0.15, 0.2) is 66.7 Å². The van der Waals surface area contributed by atoms with Crippen LogP contribution < -0.4 is 4.57 Å². The second-order valence-electron chi connectivity index (χ2n) is 9.56. The molecule has 1 heterocycles. The van der Waals surface area contributed by atoms with Crippen LogP contribution in [0.1, 0.15) is 57.6 Å². The van der Waals surface area contributed by atoms with Crippen LogP contribution in [0.25, 0.3) is 32.9 Å². The summed E-state index contributed by atoms with van der Waals surface area (Å²) in [4.78, 5) is 0. The van der Waals surface area contributed by atoms with E-state index >= 15 is 0 Å². The molecule has 0 saturated heterocycles. The summed E-state index contributed by atoms with van der Waals surface area (Å²) in [6, 6.07) is 24.8. The first-order valence-electron chi connectivity index (χ1n) is 11.9. The summed E-state index contributed by atoms with van der Waals surface area (Å²) >= 11 is 0. The van der Waals surface area contributed by atoms with Gasteiger partial charge in [0, 0.05) is 23.4 Å². The van der Waals surface area contributed by atoms with E-state index in [4.69, 9.17) is 0 Å². The molecule has 0 fully saturated rings. The molecule has 0 N–H and O–H groups in total. The lowest BCUT2D eigenvalue weighted by Crippen LogP contribution is -2.38. The van der Waals surface area contributed by atoms with Crippen molar-refractivity contribution in [1.82, 2.24) is 0 Å². The van der Waals surface area contributed by atoms with Crippen molar-refractivity contribution < 1.29 is 4.57 Å². The molecule has 1 heteroatoms. The highest BCUT2D eigenvalue weighted by Gasteiger charge is 2.25. The van der Waals surface area contributed by atoms with Gasteiger partial charge >= 0.3 is 0 Å². The lowest BCUT2D eigenvalue weighted by atomic mass is 9.80. The Labute approximate surface area is 187 Å². The standard InChI is InChI=1S/C30H36N/c1-6-30(5,7-2)18-11-19-31-28-21-23(4)15-17-26(28)25-16-14-22(3)20-27(25)29(31)24-12-9-8-10-13-24/h8-10,12-17,20-21H,6-7,11,18-19H2,1-5H3/q+1. The van der Waals surface area contributed by atoms with E-state index in [1.807, 2.05) is 0 Å². The number of nitrogens with zero attached hydrogens (tertiary/aromatic N) is 1. The van der Waals surface area contributed by atoms with Gasteiger partial charge in [-0.1, -0.05) is 75.6 Å². The Bertz CT molecular complexity index is 1200. The van der Waals surface area contributed by atoms with E-state index in [1.54, 1.807) is 0 Å². The van der Waals surface area contributed by atoms with E-state index in [0.29, 0.717) is 5.41 Å². The number of rotatable bonds is 7. The van der Waals surface area contributed by atoms with Crippen molar-refractivity contribution in [2.45, 2.75) is 66.8 Å². The topological polar surface area (TPSA) is 3.88 Å². The van der Waals surface area contributed by atoms with Crippen molar-refractivity contribution in [2.75, 3.05) is 0 Å². The molecular weight excluding hydrogens is 374 g/mol. The van der Waals surface area contributed by atoms with E-state index in [0.717, 1.165) is 6.54 Å². The fraction of sp³-hybridized carbons (Fsp3) is 0.367. The molecule has 160 valence electrons. The van der Waals surface area contributed by atoms with Crippen LogP contribution in [-0.4, -0.2) is 0 Å². The highest BCUT2D eigenvalue weighted by atomic mass is 15.0. The van der Waals surface area contributed by atoms with E-state index in [1.165, 1.54) is 69.7 Å². The Kier molecular flexibility index (Phi) is 6.14. The first-order chi connectivity index (χ1) is 15.0. The maximum absolute atomic E-state index is 2.60. The van der Waals surface area contributed by atoms with Crippen LogP contribution in [0.3, 0.4) is 0 Å². The third-order valence-electron chi connectivity index (χ3n) is 7.35. The molecule has 4 aromatic rings. The number of pyridine rings is 1. The molecule has 4 rings (SSSR count). The summed E-state index contributed by atoms with van der Waals surface area (Å²) in [5.74, 6) is 0. The third kappa shape index (κ3) is 4.24. The van der Waals surface area contributed by atoms with E-state index in [2.05, 4.69) is 106 Å². The van der Waals surface area contributed by atoms with Crippen LogP contribution >= 0.6 is 0 Å². The van der Waals surface area contributed by atoms with Crippen LogP contribution in [0, 0.1) is 19.3 Å². The number of hydrogen-bond donors (Lipinski definition) is 0. The maximum atomic E-state index is 2.60. The highest BCUT2D eigenvalue weighted by Crippen LogP contribution is 2.34. The SMILES string of the molecule is CCC(C)(CC)CCC[n+]1c(-c2ccccc2)c2cc(C)ccc2c2ccc(C)cc21. The summed E-state index contributed by atoms with van der Waals surface area (Å²) in [7, 11) is 0. The molecule has 1 nitrogen and oxygen atoms in total. The fourth-order valence-corrected chi connectivity index (χ4v) is 4.85. The predicted octanol–water partition coefficient (Wildman–Crippen LogP) is 8.17. The maximum Gasteiger partial charge on any atom is 0.220 e. The monoisotopic (exact) mass is 410 g/mol. The largest absolute Gasteiger partial charge is 0.220 e. The molecule has 31 heavy (non-hydrogen) atoms. The minimum Gasteiger partial charge on any atom is -0.191 e. The molecule has 1 aromatic heterocycles. The van der Waals surface area contributed by atoms with Gasteiger partial charge in [0.2, 0.25) is 11.2 Å². The molecule has 0 saturated carbocycles. The number of aryl methyl sites for hydroxylation is 3.